The maximum absolute atomic E-state index is 5.11. The Balaban J connectivity index is 1.63. The minimum atomic E-state index is 0.883. The quantitative estimate of drug-likeness (QED) is 0.683. The molecule has 0 spiro atoms. The highest BCUT2D eigenvalue weighted by Crippen LogP contribution is 2.20. The van der Waals surface area contributed by atoms with Crippen molar-refractivity contribution in [2.24, 2.45) is 0 Å². The van der Waals surface area contributed by atoms with E-state index in [1.54, 1.807) is 7.11 Å². The van der Waals surface area contributed by atoms with Gasteiger partial charge < -0.3 is 14.5 Å². The van der Waals surface area contributed by atoms with Gasteiger partial charge in [-0.15, -0.1) is 0 Å². The fourth-order valence-electron chi connectivity index (χ4n) is 3.22. The number of hydrogen-bond donors (Lipinski definition) is 0. The van der Waals surface area contributed by atoms with Crippen molar-refractivity contribution in [3.8, 4) is 0 Å². The zero-order chi connectivity index (χ0) is 11.9. The number of nitrogens with zero attached hydrogens (tertiary/aromatic N) is 2. The van der Waals surface area contributed by atoms with Crippen LogP contribution < -0.4 is 0 Å². The van der Waals surface area contributed by atoms with Crippen molar-refractivity contribution in [1.29, 1.82) is 0 Å². The summed E-state index contributed by atoms with van der Waals surface area (Å²) in [6.07, 6.45) is 8.25. The van der Waals surface area contributed by atoms with Gasteiger partial charge in [0, 0.05) is 26.3 Å². The van der Waals surface area contributed by atoms with Crippen LogP contribution in [-0.4, -0.2) is 62.3 Å². The van der Waals surface area contributed by atoms with E-state index in [2.05, 4.69) is 9.80 Å². The number of piperidine rings is 2. The molecule has 2 saturated heterocycles. The first-order valence-corrected chi connectivity index (χ1v) is 7.35. The molecule has 100 valence electrons. The summed E-state index contributed by atoms with van der Waals surface area (Å²) in [6.45, 7) is 7.44. The maximum atomic E-state index is 5.11. The van der Waals surface area contributed by atoms with Gasteiger partial charge in [0.15, 0.2) is 0 Å². The molecule has 0 aliphatic carbocycles. The summed E-state index contributed by atoms with van der Waals surface area (Å²) < 4.78 is 5.11. The molecule has 0 atom stereocenters. The first-order valence-electron chi connectivity index (χ1n) is 7.35. The first kappa shape index (κ1) is 13.3. The summed E-state index contributed by atoms with van der Waals surface area (Å²) in [5.41, 5.74) is 0. The third kappa shape index (κ3) is 4.23. The summed E-state index contributed by atoms with van der Waals surface area (Å²) in [4.78, 5) is 5.36. The molecule has 2 aliphatic heterocycles. The van der Waals surface area contributed by atoms with Crippen LogP contribution in [0.3, 0.4) is 0 Å². The first-order chi connectivity index (χ1) is 8.40. The molecule has 17 heavy (non-hydrogen) atoms. The van der Waals surface area contributed by atoms with E-state index in [0.29, 0.717) is 0 Å². The van der Waals surface area contributed by atoms with Gasteiger partial charge in [-0.2, -0.15) is 0 Å². The fraction of sp³-hybridized carbons (Fsp3) is 1.00. The number of likely N-dealkylation sites (tertiary alicyclic amines) is 2. The second-order valence-corrected chi connectivity index (χ2v) is 5.52. The van der Waals surface area contributed by atoms with E-state index in [4.69, 9.17) is 4.74 Å². The molecular formula is C14H28N2O. The molecule has 0 N–H and O–H groups in total. The van der Waals surface area contributed by atoms with Crippen molar-refractivity contribution < 1.29 is 4.74 Å². The zero-order valence-electron chi connectivity index (χ0n) is 11.4. The van der Waals surface area contributed by atoms with Gasteiger partial charge in [0.25, 0.3) is 0 Å². The second-order valence-electron chi connectivity index (χ2n) is 5.52. The monoisotopic (exact) mass is 240 g/mol. The van der Waals surface area contributed by atoms with E-state index in [1.807, 2.05) is 0 Å². The highest BCUT2D eigenvalue weighted by Gasteiger charge is 2.24. The van der Waals surface area contributed by atoms with E-state index in [0.717, 1.165) is 12.6 Å². The Bertz CT molecular complexity index is 196. The molecule has 0 aromatic rings. The normalized spacial score (nSPS) is 25.2. The summed E-state index contributed by atoms with van der Waals surface area (Å²) >= 11 is 0. The number of hydrogen-bond acceptors (Lipinski definition) is 3. The number of rotatable bonds is 5. The molecule has 3 nitrogen and oxygen atoms in total. The van der Waals surface area contributed by atoms with Gasteiger partial charge in [0.2, 0.25) is 0 Å². The fourth-order valence-corrected chi connectivity index (χ4v) is 3.22. The van der Waals surface area contributed by atoms with Crippen LogP contribution in [0.15, 0.2) is 0 Å². The molecule has 2 rings (SSSR count). The van der Waals surface area contributed by atoms with Crippen molar-refractivity contribution in [3.05, 3.63) is 0 Å². The van der Waals surface area contributed by atoms with E-state index in [-0.39, 0.29) is 0 Å². The van der Waals surface area contributed by atoms with Crippen LogP contribution in [0.25, 0.3) is 0 Å². The lowest BCUT2D eigenvalue weighted by Gasteiger charge is -2.40. The highest BCUT2D eigenvalue weighted by molar-refractivity contribution is 4.81. The average molecular weight is 240 g/mol. The number of methoxy groups -OCH3 is 1. The summed E-state index contributed by atoms with van der Waals surface area (Å²) in [7, 11) is 1.79. The van der Waals surface area contributed by atoms with Crippen molar-refractivity contribution in [1.82, 2.24) is 9.80 Å². The zero-order valence-corrected chi connectivity index (χ0v) is 11.4. The van der Waals surface area contributed by atoms with E-state index in [1.165, 1.54) is 71.2 Å². The van der Waals surface area contributed by atoms with Gasteiger partial charge in [-0.3, -0.25) is 0 Å². The lowest BCUT2D eigenvalue weighted by Crippen LogP contribution is -2.46. The topological polar surface area (TPSA) is 15.7 Å². The van der Waals surface area contributed by atoms with Crippen molar-refractivity contribution in [3.63, 3.8) is 0 Å². The molecule has 0 bridgehead atoms. The van der Waals surface area contributed by atoms with Gasteiger partial charge in [0.05, 0.1) is 0 Å². The minimum absolute atomic E-state index is 0.883. The average Bonchev–Trinajstić information content (AvgIpc) is 2.41. The van der Waals surface area contributed by atoms with Crippen molar-refractivity contribution in [2.75, 3.05) is 46.4 Å². The van der Waals surface area contributed by atoms with E-state index in [9.17, 15) is 0 Å². The molecule has 2 heterocycles. The molecule has 2 fully saturated rings. The van der Waals surface area contributed by atoms with Gasteiger partial charge >= 0.3 is 0 Å². The predicted molar refractivity (Wildman–Crippen MR) is 71.4 cm³/mol. The SMILES string of the molecule is COCCCN1CCC(N2CCCCC2)CC1. The molecule has 2 aliphatic rings. The van der Waals surface area contributed by atoms with Crippen molar-refractivity contribution >= 4 is 0 Å². The Labute approximate surface area is 106 Å². The van der Waals surface area contributed by atoms with Crippen molar-refractivity contribution in [2.45, 2.75) is 44.6 Å². The van der Waals surface area contributed by atoms with E-state index < -0.39 is 0 Å². The van der Waals surface area contributed by atoms with Gasteiger partial charge in [-0.05, 0) is 58.3 Å². The lowest BCUT2D eigenvalue weighted by atomic mass is 10.00. The molecular weight excluding hydrogens is 212 g/mol. The Morgan fingerprint density at radius 1 is 1.00 bits per heavy atom. The molecule has 0 aromatic heterocycles. The molecule has 0 saturated carbocycles. The van der Waals surface area contributed by atoms with Gasteiger partial charge in [-0.1, -0.05) is 6.42 Å². The van der Waals surface area contributed by atoms with Crippen LogP contribution in [0, 0.1) is 0 Å². The molecule has 3 heteroatoms. The minimum Gasteiger partial charge on any atom is -0.385 e. The van der Waals surface area contributed by atoms with Crippen LogP contribution in [0.2, 0.25) is 0 Å². The third-order valence-electron chi connectivity index (χ3n) is 4.29. The summed E-state index contributed by atoms with van der Waals surface area (Å²) in [5, 5.41) is 0. The third-order valence-corrected chi connectivity index (χ3v) is 4.29. The predicted octanol–water partition coefficient (Wildman–Crippen LogP) is 1.97. The van der Waals surface area contributed by atoms with Crippen LogP contribution in [0.5, 0.6) is 0 Å². The molecule has 0 unspecified atom stereocenters. The maximum Gasteiger partial charge on any atom is 0.0474 e. The lowest BCUT2D eigenvalue weighted by molar-refractivity contribution is 0.0870. The highest BCUT2D eigenvalue weighted by atomic mass is 16.5. The summed E-state index contributed by atoms with van der Waals surface area (Å²) in [5.74, 6) is 0. The Morgan fingerprint density at radius 3 is 2.35 bits per heavy atom. The van der Waals surface area contributed by atoms with Crippen LogP contribution in [-0.2, 0) is 4.74 Å². The second kappa shape index (κ2) is 7.34. The molecule has 0 radical (unpaired) electrons. The van der Waals surface area contributed by atoms with Crippen LogP contribution >= 0.6 is 0 Å². The molecule has 0 amide bonds. The van der Waals surface area contributed by atoms with Gasteiger partial charge in [-0.25, -0.2) is 0 Å². The standard InChI is InChI=1S/C14H28N2O/c1-17-13-5-8-15-11-6-14(7-12-15)16-9-3-2-4-10-16/h14H,2-13H2,1H3. The largest absolute Gasteiger partial charge is 0.385 e. The van der Waals surface area contributed by atoms with Crippen LogP contribution in [0.4, 0.5) is 0 Å². The smallest absolute Gasteiger partial charge is 0.0474 e. The van der Waals surface area contributed by atoms with E-state index >= 15 is 0 Å². The Morgan fingerprint density at radius 2 is 1.71 bits per heavy atom. The summed E-state index contributed by atoms with van der Waals surface area (Å²) in [6, 6.07) is 0.883. The number of ether oxygens (including phenoxy) is 1. The molecule has 0 aromatic carbocycles. The Hall–Kier alpha value is -0.120. The van der Waals surface area contributed by atoms with Gasteiger partial charge in [0.1, 0.15) is 0 Å². The Kier molecular flexibility index (Phi) is 5.75. The van der Waals surface area contributed by atoms with Crippen LogP contribution in [0.1, 0.15) is 38.5 Å².